The Morgan fingerprint density at radius 2 is 2.03 bits per heavy atom. The third-order valence-corrected chi connectivity index (χ3v) is 5.53. The molecule has 1 atom stereocenters. The van der Waals surface area contributed by atoms with Crippen LogP contribution >= 0.6 is 0 Å². The average molecular weight is 460 g/mol. The molecule has 0 spiro atoms. The Balaban J connectivity index is 1.46. The Kier molecular flexibility index (Phi) is 6.27. The van der Waals surface area contributed by atoms with Crippen molar-refractivity contribution in [1.29, 1.82) is 5.26 Å². The molecule has 2 aromatic rings. The Morgan fingerprint density at radius 1 is 1.26 bits per heavy atom. The second-order valence-corrected chi connectivity index (χ2v) is 7.75. The molecule has 3 N–H and O–H groups in total. The third kappa shape index (κ3) is 4.59. The van der Waals surface area contributed by atoms with Gasteiger partial charge in [0, 0.05) is 36.2 Å². The van der Waals surface area contributed by atoms with Gasteiger partial charge in [-0.1, -0.05) is 18.2 Å². The summed E-state index contributed by atoms with van der Waals surface area (Å²) in [7, 11) is 0. The molecule has 0 saturated heterocycles. The lowest BCUT2D eigenvalue weighted by Crippen LogP contribution is -2.27. The fourth-order valence-corrected chi connectivity index (χ4v) is 3.99. The van der Waals surface area contributed by atoms with E-state index < -0.39 is 16.7 Å². The van der Waals surface area contributed by atoms with Gasteiger partial charge in [0.05, 0.1) is 10.8 Å². The third-order valence-electron chi connectivity index (χ3n) is 5.53. The molecular formula is C24H20N4O6. The van der Waals surface area contributed by atoms with Crippen molar-refractivity contribution in [1.82, 2.24) is 0 Å². The molecule has 0 bridgehead atoms. The number of hydrogen-bond acceptors (Lipinski definition) is 8. The first-order valence-corrected chi connectivity index (χ1v) is 10.5. The lowest BCUT2D eigenvalue weighted by molar-refractivity contribution is -0.384. The number of nitrogens with zero attached hydrogens (tertiary/aromatic N) is 2. The Morgan fingerprint density at radius 3 is 2.74 bits per heavy atom. The number of carbonyl (C=O) groups is 2. The van der Waals surface area contributed by atoms with Crippen molar-refractivity contribution in [3.63, 3.8) is 0 Å². The van der Waals surface area contributed by atoms with Crippen LogP contribution in [-0.2, 0) is 14.3 Å². The van der Waals surface area contributed by atoms with Gasteiger partial charge in [-0.15, -0.1) is 0 Å². The number of non-ortho nitro benzene ring substituents is 1. The fourth-order valence-electron chi connectivity index (χ4n) is 3.99. The van der Waals surface area contributed by atoms with Crippen LogP contribution in [0.3, 0.4) is 0 Å². The molecule has 1 amide bonds. The highest BCUT2D eigenvalue weighted by molar-refractivity contribution is 5.99. The zero-order valence-corrected chi connectivity index (χ0v) is 17.9. The van der Waals surface area contributed by atoms with Crippen LogP contribution in [0.4, 0.5) is 11.4 Å². The monoisotopic (exact) mass is 460 g/mol. The highest BCUT2D eigenvalue weighted by Crippen LogP contribution is 2.43. The normalized spacial score (nSPS) is 17.4. The second-order valence-electron chi connectivity index (χ2n) is 7.75. The van der Waals surface area contributed by atoms with Gasteiger partial charge in [0.1, 0.15) is 23.2 Å². The molecule has 2 aromatic carbocycles. The highest BCUT2D eigenvalue weighted by Gasteiger charge is 2.37. The van der Waals surface area contributed by atoms with Crippen LogP contribution in [0.25, 0.3) is 0 Å². The van der Waals surface area contributed by atoms with Gasteiger partial charge >= 0.3 is 0 Å². The summed E-state index contributed by atoms with van der Waals surface area (Å²) < 4.78 is 11.1. The number of nitriles is 1. The smallest absolute Gasteiger partial charge is 0.271 e. The van der Waals surface area contributed by atoms with Crippen LogP contribution in [0.5, 0.6) is 5.75 Å². The fraction of sp³-hybridized carbons (Fsp3) is 0.208. The van der Waals surface area contributed by atoms with Crippen LogP contribution in [0.1, 0.15) is 30.7 Å². The van der Waals surface area contributed by atoms with Crippen LogP contribution in [-0.4, -0.2) is 23.2 Å². The largest absolute Gasteiger partial charge is 0.484 e. The Hall–Kier alpha value is -4.65. The number of ketones is 1. The number of rotatable bonds is 6. The van der Waals surface area contributed by atoms with E-state index in [0.29, 0.717) is 41.9 Å². The zero-order chi connectivity index (χ0) is 24.2. The molecule has 0 radical (unpaired) electrons. The first kappa shape index (κ1) is 22.5. The number of nitro groups is 1. The van der Waals surface area contributed by atoms with Crippen LogP contribution < -0.4 is 15.8 Å². The molecule has 10 nitrogen and oxygen atoms in total. The number of allylic oxidation sites excluding steroid dienone is 3. The number of Topliss-reactive ketones (excluding diaryl/α,β-unsaturated/α-hetero) is 1. The van der Waals surface area contributed by atoms with E-state index in [0.717, 1.165) is 0 Å². The molecular weight excluding hydrogens is 440 g/mol. The molecule has 172 valence electrons. The molecule has 1 aliphatic heterocycles. The van der Waals surface area contributed by atoms with Crippen LogP contribution in [0, 0.1) is 21.4 Å². The summed E-state index contributed by atoms with van der Waals surface area (Å²) in [5, 5.41) is 23.0. The van der Waals surface area contributed by atoms with E-state index in [1.807, 2.05) is 0 Å². The zero-order valence-electron chi connectivity index (χ0n) is 17.9. The van der Waals surface area contributed by atoms with Crippen molar-refractivity contribution in [2.24, 2.45) is 5.73 Å². The van der Waals surface area contributed by atoms with E-state index in [4.69, 9.17) is 15.2 Å². The molecule has 1 unspecified atom stereocenters. The molecule has 2 aliphatic rings. The van der Waals surface area contributed by atoms with Gasteiger partial charge in [-0.05, 0) is 30.2 Å². The number of ether oxygens (including phenoxy) is 2. The predicted molar refractivity (Wildman–Crippen MR) is 120 cm³/mol. The van der Waals surface area contributed by atoms with Crippen LogP contribution in [0.15, 0.2) is 71.3 Å². The first-order chi connectivity index (χ1) is 16.4. The maximum atomic E-state index is 12.6. The van der Waals surface area contributed by atoms with Gasteiger partial charge in [-0.2, -0.15) is 5.26 Å². The number of nitrogens with one attached hydrogen (secondary N) is 1. The lowest BCUT2D eigenvalue weighted by atomic mass is 9.77. The topological polar surface area (TPSA) is 158 Å². The summed E-state index contributed by atoms with van der Waals surface area (Å²) in [6, 6.07) is 14.3. The van der Waals surface area contributed by atoms with Gasteiger partial charge in [-0.25, -0.2) is 0 Å². The number of hydrogen-bond donors (Lipinski definition) is 2. The summed E-state index contributed by atoms with van der Waals surface area (Å²) in [5.74, 6) is -0.267. The lowest BCUT2D eigenvalue weighted by Gasteiger charge is -2.31. The minimum Gasteiger partial charge on any atom is -0.484 e. The summed E-state index contributed by atoms with van der Waals surface area (Å²) >= 11 is 0. The van der Waals surface area contributed by atoms with E-state index in [2.05, 4.69) is 11.4 Å². The molecule has 0 fully saturated rings. The van der Waals surface area contributed by atoms with Crippen molar-refractivity contribution in [3.8, 4) is 11.8 Å². The van der Waals surface area contributed by atoms with Gasteiger partial charge in [0.2, 0.25) is 5.88 Å². The van der Waals surface area contributed by atoms with Crippen LogP contribution in [0.2, 0.25) is 0 Å². The number of anilines is 1. The van der Waals surface area contributed by atoms with E-state index >= 15 is 0 Å². The molecule has 1 aliphatic carbocycles. The SMILES string of the molecule is N#CC1=C(N)OC2=C(C(=O)CCC2)C1c1ccc(OCC(=O)Nc2cccc([N+](=O)[O-])c2)cc1. The number of benzene rings is 2. The maximum Gasteiger partial charge on any atom is 0.271 e. The molecule has 10 heteroatoms. The average Bonchev–Trinajstić information content (AvgIpc) is 2.82. The molecule has 4 rings (SSSR count). The van der Waals surface area contributed by atoms with Crippen molar-refractivity contribution in [3.05, 3.63) is 87.0 Å². The van der Waals surface area contributed by atoms with E-state index in [9.17, 15) is 25.0 Å². The van der Waals surface area contributed by atoms with Gasteiger partial charge in [0.15, 0.2) is 12.4 Å². The van der Waals surface area contributed by atoms with Crippen molar-refractivity contribution >= 4 is 23.1 Å². The van der Waals surface area contributed by atoms with Crippen molar-refractivity contribution in [2.45, 2.75) is 25.2 Å². The summed E-state index contributed by atoms with van der Waals surface area (Å²) in [4.78, 5) is 35.1. The minimum absolute atomic E-state index is 0.000837. The first-order valence-electron chi connectivity index (χ1n) is 10.5. The summed E-state index contributed by atoms with van der Waals surface area (Å²) in [6.07, 6.45) is 1.64. The standard InChI is InChI=1S/C24H20N4O6/c25-12-18-22(23-19(29)5-2-6-20(23)34-24(18)26)14-7-9-17(10-8-14)33-13-21(30)27-15-3-1-4-16(11-15)28(31)32/h1,3-4,7-11,22H,2,5-6,13,26H2,(H,27,30). The molecule has 1 heterocycles. The number of nitro benzene ring substituents is 1. The number of carbonyl (C=O) groups excluding carboxylic acids is 2. The number of amides is 1. The second kappa shape index (κ2) is 9.46. The molecule has 0 saturated carbocycles. The minimum atomic E-state index is -0.618. The van der Waals surface area contributed by atoms with E-state index in [1.165, 1.54) is 24.3 Å². The maximum absolute atomic E-state index is 12.6. The quantitative estimate of drug-likeness (QED) is 0.490. The van der Waals surface area contributed by atoms with Crippen molar-refractivity contribution < 1.29 is 24.0 Å². The summed E-state index contributed by atoms with van der Waals surface area (Å²) in [5.41, 5.74) is 7.42. The Bertz CT molecular complexity index is 1270. The molecule has 0 aromatic heterocycles. The number of nitrogens with two attached hydrogens (primary N) is 1. The van der Waals surface area contributed by atoms with Gasteiger partial charge in [-0.3, -0.25) is 19.7 Å². The van der Waals surface area contributed by atoms with E-state index in [1.54, 1.807) is 24.3 Å². The van der Waals surface area contributed by atoms with Crippen molar-refractivity contribution in [2.75, 3.05) is 11.9 Å². The highest BCUT2D eigenvalue weighted by atomic mass is 16.6. The summed E-state index contributed by atoms with van der Waals surface area (Å²) in [6.45, 7) is -0.316. The Labute approximate surface area is 194 Å². The molecule has 34 heavy (non-hydrogen) atoms. The van der Waals surface area contributed by atoms with Gasteiger partial charge < -0.3 is 20.5 Å². The van der Waals surface area contributed by atoms with Gasteiger partial charge in [0.25, 0.3) is 11.6 Å². The predicted octanol–water partition coefficient (Wildman–Crippen LogP) is 3.43. The van der Waals surface area contributed by atoms with E-state index in [-0.39, 0.29) is 35.2 Å².